The Morgan fingerprint density at radius 3 is 2.14 bits per heavy atom. The topological polar surface area (TPSA) is 43.3 Å². The van der Waals surface area contributed by atoms with Crippen molar-refractivity contribution < 1.29 is 4.42 Å². The highest BCUT2D eigenvalue weighted by Crippen LogP contribution is 2.43. The van der Waals surface area contributed by atoms with Crippen LogP contribution in [0, 0.1) is 0 Å². The van der Waals surface area contributed by atoms with Crippen molar-refractivity contribution in [3.05, 3.63) is 103 Å². The minimum Gasteiger partial charge on any atom is -0.454 e. The molecule has 0 amide bonds. The highest BCUT2D eigenvalue weighted by Gasteiger charge is 2.23. The van der Waals surface area contributed by atoms with E-state index in [-0.39, 0.29) is 0 Å². The van der Waals surface area contributed by atoms with E-state index in [1.165, 1.54) is 16.3 Å². The molecule has 9 aromatic rings. The van der Waals surface area contributed by atoms with Gasteiger partial charge in [-0.05, 0) is 41.5 Å². The Balaban J connectivity index is 1.47. The Morgan fingerprint density at radius 2 is 1.25 bits per heavy atom. The first kappa shape index (κ1) is 18.4. The van der Waals surface area contributed by atoms with Crippen molar-refractivity contribution in [1.82, 2.24) is 14.4 Å². The number of fused-ring (bicyclic) bond motifs is 11. The molecule has 0 spiro atoms. The third-order valence-corrected chi connectivity index (χ3v) is 7.51. The molecule has 0 radical (unpaired) electrons. The lowest BCUT2D eigenvalue weighted by atomic mass is 10.0. The fraction of sp³-hybridized carbons (Fsp3) is 0. The second kappa shape index (κ2) is 6.37. The average Bonchev–Trinajstić information content (AvgIpc) is 3.58. The molecule has 0 aliphatic heterocycles. The molecule has 4 nitrogen and oxygen atoms in total. The van der Waals surface area contributed by atoms with E-state index in [4.69, 9.17) is 14.4 Å². The van der Waals surface area contributed by atoms with Crippen LogP contribution in [0.3, 0.4) is 0 Å². The maximum Gasteiger partial charge on any atom is 0.165 e. The summed E-state index contributed by atoms with van der Waals surface area (Å²) in [5.41, 5.74) is 9.90. The highest BCUT2D eigenvalue weighted by molar-refractivity contribution is 6.27. The molecule has 0 aliphatic carbocycles. The predicted molar refractivity (Wildman–Crippen MR) is 147 cm³/mol. The van der Waals surface area contributed by atoms with Gasteiger partial charge in [0, 0.05) is 26.9 Å². The monoisotopic (exact) mass is 459 g/mol. The van der Waals surface area contributed by atoms with Gasteiger partial charge in [-0.3, -0.25) is 4.40 Å². The Labute approximate surface area is 204 Å². The van der Waals surface area contributed by atoms with Crippen LogP contribution in [0.25, 0.3) is 82.5 Å². The van der Waals surface area contributed by atoms with Crippen LogP contribution in [0.15, 0.2) is 108 Å². The fourth-order valence-corrected chi connectivity index (χ4v) is 5.92. The Bertz CT molecular complexity index is 2310. The molecule has 0 N–H and O–H groups in total. The standard InChI is InChI=1S/C32H17N3O/c1-2-7-18(8-3-1)19-13-14-20-23-16-15-22-21-9-6-10-24-28-32(34-26-12-5-4-11-25(26)33-28)35(29(21)24)30(22)31(23)36-27(20)17-19/h1-17H. The number of furan rings is 1. The number of benzene rings is 5. The Kier molecular flexibility index (Phi) is 3.25. The van der Waals surface area contributed by atoms with Crippen molar-refractivity contribution in [1.29, 1.82) is 0 Å². The lowest BCUT2D eigenvalue weighted by molar-refractivity contribution is 0.671. The minimum atomic E-state index is 0.868. The zero-order valence-electron chi connectivity index (χ0n) is 19.1. The third kappa shape index (κ3) is 2.19. The van der Waals surface area contributed by atoms with Crippen LogP contribution in [0.1, 0.15) is 0 Å². The van der Waals surface area contributed by atoms with Crippen molar-refractivity contribution in [3.8, 4) is 11.1 Å². The van der Waals surface area contributed by atoms with E-state index in [9.17, 15) is 0 Å². The summed E-state index contributed by atoms with van der Waals surface area (Å²) in [6.45, 7) is 0. The smallest absolute Gasteiger partial charge is 0.165 e. The molecule has 4 heterocycles. The van der Waals surface area contributed by atoms with Crippen LogP contribution in [-0.2, 0) is 0 Å². The first-order valence-electron chi connectivity index (χ1n) is 12.1. The Morgan fingerprint density at radius 1 is 0.528 bits per heavy atom. The molecule has 0 unspecified atom stereocenters. The molecule has 0 atom stereocenters. The van der Waals surface area contributed by atoms with Crippen LogP contribution in [-0.4, -0.2) is 14.4 Å². The summed E-state index contributed by atoms with van der Waals surface area (Å²) in [5, 5.41) is 5.71. The second-order valence-electron chi connectivity index (χ2n) is 9.44. The summed E-state index contributed by atoms with van der Waals surface area (Å²) >= 11 is 0. The third-order valence-electron chi connectivity index (χ3n) is 7.51. The quantitative estimate of drug-likeness (QED) is 0.248. The first-order chi connectivity index (χ1) is 17.8. The summed E-state index contributed by atoms with van der Waals surface area (Å²) in [5.74, 6) is 0. The van der Waals surface area contributed by atoms with Gasteiger partial charge in [0.05, 0.1) is 22.1 Å². The van der Waals surface area contributed by atoms with Gasteiger partial charge in [0.2, 0.25) is 0 Å². The molecule has 0 saturated carbocycles. The van der Waals surface area contributed by atoms with Crippen molar-refractivity contribution in [2.45, 2.75) is 0 Å². The largest absolute Gasteiger partial charge is 0.454 e. The molecular weight excluding hydrogens is 442 g/mol. The van der Waals surface area contributed by atoms with Gasteiger partial charge in [-0.15, -0.1) is 0 Å². The van der Waals surface area contributed by atoms with Gasteiger partial charge >= 0.3 is 0 Å². The molecule has 9 rings (SSSR count). The van der Waals surface area contributed by atoms with Crippen molar-refractivity contribution >= 4 is 71.3 Å². The first-order valence-corrected chi connectivity index (χ1v) is 12.1. The van der Waals surface area contributed by atoms with E-state index in [0.29, 0.717) is 0 Å². The van der Waals surface area contributed by atoms with E-state index in [2.05, 4.69) is 77.2 Å². The summed E-state index contributed by atoms with van der Waals surface area (Å²) < 4.78 is 8.92. The molecule has 4 heteroatoms. The van der Waals surface area contributed by atoms with Gasteiger partial charge in [0.1, 0.15) is 11.1 Å². The molecule has 4 aromatic heterocycles. The van der Waals surface area contributed by atoms with Crippen LogP contribution < -0.4 is 0 Å². The SMILES string of the molecule is c1ccc(-c2ccc3c(c2)oc2c3ccc3c4cccc5c6nc7ccccc7nc6n(c45)c32)cc1. The minimum absolute atomic E-state index is 0.868. The number of rotatable bonds is 1. The van der Waals surface area contributed by atoms with Gasteiger partial charge < -0.3 is 4.42 Å². The number of hydrogen-bond donors (Lipinski definition) is 0. The molecule has 5 aromatic carbocycles. The maximum absolute atomic E-state index is 6.66. The van der Waals surface area contributed by atoms with E-state index in [0.717, 1.165) is 66.1 Å². The number of hydrogen-bond acceptors (Lipinski definition) is 3. The van der Waals surface area contributed by atoms with E-state index < -0.39 is 0 Å². The molecule has 0 fully saturated rings. The molecular formula is C32H17N3O. The van der Waals surface area contributed by atoms with Crippen LogP contribution in [0.4, 0.5) is 0 Å². The fourth-order valence-electron chi connectivity index (χ4n) is 5.92. The summed E-state index contributed by atoms with van der Waals surface area (Å²) in [4.78, 5) is 10.1. The molecule has 36 heavy (non-hydrogen) atoms. The average molecular weight is 460 g/mol. The number of para-hydroxylation sites is 3. The number of nitrogens with zero attached hydrogens (tertiary/aromatic N) is 3. The summed E-state index contributed by atoms with van der Waals surface area (Å²) in [7, 11) is 0. The van der Waals surface area contributed by atoms with Crippen LogP contribution in [0.5, 0.6) is 0 Å². The molecule has 166 valence electrons. The lowest BCUT2D eigenvalue weighted by Crippen LogP contribution is -1.89. The zero-order chi connectivity index (χ0) is 23.4. The normalized spacial score (nSPS) is 12.4. The van der Waals surface area contributed by atoms with Gasteiger partial charge in [0.15, 0.2) is 11.2 Å². The van der Waals surface area contributed by atoms with Crippen molar-refractivity contribution in [2.75, 3.05) is 0 Å². The molecule has 0 saturated heterocycles. The van der Waals surface area contributed by atoms with Crippen LogP contribution in [0.2, 0.25) is 0 Å². The second-order valence-corrected chi connectivity index (χ2v) is 9.44. The van der Waals surface area contributed by atoms with Crippen LogP contribution >= 0.6 is 0 Å². The van der Waals surface area contributed by atoms with Gasteiger partial charge in [-0.1, -0.05) is 72.8 Å². The lowest BCUT2D eigenvalue weighted by Gasteiger charge is -2.00. The molecule has 0 aliphatic rings. The van der Waals surface area contributed by atoms with E-state index in [1.54, 1.807) is 0 Å². The van der Waals surface area contributed by atoms with Gasteiger partial charge in [-0.25, -0.2) is 9.97 Å². The van der Waals surface area contributed by atoms with E-state index >= 15 is 0 Å². The van der Waals surface area contributed by atoms with Gasteiger partial charge in [0.25, 0.3) is 0 Å². The summed E-state index contributed by atoms with van der Waals surface area (Å²) in [6, 6.07) is 35.9. The maximum atomic E-state index is 6.66. The molecule has 0 bridgehead atoms. The summed E-state index contributed by atoms with van der Waals surface area (Å²) in [6.07, 6.45) is 0. The van der Waals surface area contributed by atoms with Crippen molar-refractivity contribution in [2.24, 2.45) is 0 Å². The van der Waals surface area contributed by atoms with Gasteiger partial charge in [-0.2, -0.15) is 0 Å². The number of aromatic nitrogens is 3. The Hall–Kier alpha value is -4.96. The highest BCUT2D eigenvalue weighted by atomic mass is 16.3. The van der Waals surface area contributed by atoms with E-state index in [1.807, 2.05) is 30.3 Å². The van der Waals surface area contributed by atoms with Crippen molar-refractivity contribution in [3.63, 3.8) is 0 Å². The zero-order valence-corrected chi connectivity index (χ0v) is 19.1. The predicted octanol–water partition coefficient (Wildman–Crippen LogP) is 8.35.